The molecule has 1 aromatic heterocycles. The Morgan fingerprint density at radius 3 is 2.55 bits per heavy atom. The normalized spacial score (nSPS) is 11.2. The van der Waals surface area contributed by atoms with Crippen LogP contribution < -0.4 is 5.56 Å². The molecule has 1 aromatic carbocycles. The molecule has 0 aliphatic heterocycles. The second-order valence-corrected chi connectivity index (χ2v) is 5.29. The van der Waals surface area contributed by atoms with E-state index in [-0.39, 0.29) is 17.0 Å². The van der Waals surface area contributed by atoms with Gasteiger partial charge in [-0.1, -0.05) is 20.8 Å². The molecule has 0 fully saturated rings. The predicted octanol–water partition coefficient (Wildman–Crippen LogP) is 3.23. The van der Waals surface area contributed by atoms with Crippen molar-refractivity contribution in [2.75, 3.05) is 0 Å². The van der Waals surface area contributed by atoms with Crippen molar-refractivity contribution in [2.45, 2.75) is 39.7 Å². The quantitative estimate of drug-likeness (QED) is 0.930. The lowest BCUT2D eigenvalue weighted by Gasteiger charge is -2.16. The maximum atomic E-state index is 12.1. The van der Waals surface area contributed by atoms with Crippen molar-refractivity contribution in [3.8, 4) is 0 Å². The average Bonchev–Trinajstić information content (AvgIpc) is 2.40. The van der Waals surface area contributed by atoms with Crippen LogP contribution in [-0.4, -0.2) is 15.6 Å². The largest absolute Gasteiger partial charge is 0.478 e. The van der Waals surface area contributed by atoms with Crippen molar-refractivity contribution in [1.82, 2.24) is 4.57 Å². The van der Waals surface area contributed by atoms with E-state index in [1.807, 2.05) is 20.8 Å². The van der Waals surface area contributed by atoms with Crippen LogP contribution in [0.1, 0.15) is 49.0 Å². The maximum absolute atomic E-state index is 12.1. The Balaban J connectivity index is 2.90. The highest BCUT2D eigenvalue weighted by Gasteiger charge is 2.14. The van der Waals surface area contributed by atoms with Crippen molar-refractivity contribution in [3.63, 3.8) is 0 Å². The van der Waals surface area contributed by atoms with Crippen LogP contribution in [0.3, 0.4) is 0 Å². The predicted molar refractivity (Wildman–Crippen MR) is 79.5 cm³/mol. The fourth-order valence-corrected chi connectivity index (χ4v) is 2.49. The standard InChI is InChI=1S/C16H19NO3/c1-4-7-17-14(18)6-5-11-8-12(16(19)20)9-13(10(2)3)15(11)17/h5-6,8-10H,4,7H2,1-3H3,(H,19,20). The fraction of sp³-hybridized carbons (Fsp3) is 0.375. The van der Waals surface area contributed by atoms with Gasteiger partial charge in [0.05, 0.1) is 11.1 Å². The van der Waals surface area contributed by atoms with Crippen molar-refractivity contribution in [1.29, 1.82) is 0 Å². The number of pyridine rings is 1. The number of hydrogen-bond acceptors (Lipinski definition) is 2. The van der Waals surface area contributed by atoms with Crippen molar-refractivity contribution in [3.05, 3.63) is 45.7 Å². The van der Waals surface area contributed by atoms with Crippen LogP contribution in [0.4, 0.5) is 0 Å². The van der Waals surface area contributed by atoms with Gasteiger partial charge in [-0.15, -0.1) is 0 Å². The van der Waals surface area contributed by atoms with Gasteiger partial charge in [-0.3, -0.25) is 4.79 Å². The number of nitrogens with zero attached hydrogens (tertiary/aromatic N) is 1. The van der Waals surface area contributed by atoms with Gasteiger partial charge in [-0.05, 0) is 41.5 Å². The Bertz CT molecular complexity index is 713. The SMILES string of the molecule is CCCn1c(=O)ccc2cc(C(=O)O)cc(C(C)C)c21. The van der Waals surface area contributed by atoms with E-state index >= 15 is 0 Å². The van der Waals surface area contributed by atoms with E-state index in [4.69, 9.17) is 0 Å². The summed E-state index contributed by atoms with van der Waals surface area (Å²) in [5, 5.41) is 10.0. The lowest BCUT2D eigenvalue weighted by Crippen LogP contribution is -2.20. The van der Waals surface area contributed by atoms with Crippen molar-refractivity contribution in [2.24, 2.45) is 0 Å². The van der Waals surface area contributed by atoms with E-state index in [9.17, 15) is 14.7 Å². The zero-order chi connectivity index (χ0) is 14.9. The topological polar surface area (TPSA) is 59.3 Å². The molecule has 0 atom stereocenters. The summed E-state index contributed by atoms with van der Waals surface area (Å²) in [4.78, 5) is 23.3. The summed E-state index contributed by atoms with van der Waals surface area (Å²) < 4.78 is 1.75. The molecule has 0 saturated carbocycles. The summed E-state index contributed by atoms with van der Waals surface area (Å²) in [5.41, 5.74) is 2.00. The monoisotopic (exact) mass is 273 g/mol. The molecule has 0 amide bonds. The number of hydrogen-bond donors (Lipinski definition) is 1. The molecular formula is C16H19NO3. The summed E-state index contributed by atoms with van der Waals surface area (Å²) >= 11 is 0. The number of carboxylic acid groups (broad SMARTS) is 1. The van der Waals surface area contributed by atoms with Gasteiger partial charge in [-0.2, -0.15) is 0 Å². The van der Waals surface area contributed by atoms with Gasteiger partial charge >= 0.3 is 5.97 Å². The van der Waals surface area contributed by atoms with Crippen LogP contribution in [-0.2, 0) is 6.54 Å². The Hall–Kier alpha value is -2.10. The van der Waals surface area contributed by atoms with Gasteiger partial charge in [0.15, 0.2) is 0 Å². The Labute approximate surface area is 117 Å². The van der Waals surface area contributed by atoms with E-state index in [1.165, 1.54) is 6.07 Å². The Morgan fingerprint density at radius 1 is 1.30 bits per heavy atom. The minimum atomic E-state index is -0.943. The van der Waals surface area contributed by atoms with Gasteiger partial charge in [0.1, 0.15) is 0 Å². The second-order valence-electron chi connectivity index (χ2n) is 5.29. The Kier molecular flexibility index (Phi) is 3.93. The van der Waals surface area contributed by atoms with Gasteiger partial charge in [0.25, 0.3) is 5.56 Å². The first-order valence-electron chi connectivity index (χ1n) is 6.86. The van der Waals surface area contributed by atoms with Crippen LogP contribution in [0.15, 0.2) is 29.1 Å². The number of aryl methyl sites for hydroxylation is 1. The molecule has 1 heterocycles. The minimum Gasteiger partial charge on any atom is -0.478 e. The molecule has 0 spiro atoms. The number of aromatic nitrogens is 1. The molecular weight excluding hydrogens is 254 g/mol. The van der Waals surface area contributed by atoms with Crippen LogP contribution in [0.5, 0.6) is 0 Å². The third kappa shape index (κ3) is 2.46. The first-order valence-corrected chi connectivity index (χ1v) is 6.86. The number of carbonyl (C=O) groups is 1. The number of carboxylic acids is 1. The van der Waals surface area contributed by atoms with Crippen molar-refractivity contribution >= 4 is 16.9 Å². The van der Waals surface area contributed by atoms with E-state index in [2.05, 4.69) is 0 Å². The minimum absolute atomic E-state index is 0.0377. The van der Waals surface area contributed by atoms with E-state index in [1.54, 1.807) is 22.8 Å². The first kappa shape index (κ1) is 14.3. The fourth-order valence-electron chi connectivity index (χ4n) is 2.49. The molecule has 0 saturated heterocycles. The summed E-state index contributed by atoms with van der Waals surface area (Å²) in [6, 6.07) is 6.53. The van der Waals surface area contributed by atoms with Crippen molar-refractivity contribution < 1.29 is 9.90 Å². The number of aromatic carboxylic acids is 1. The highest BCUT2D eigenvalue weighted by atomic mass is 16.4. The van der Waals surface area contributed by atoms with Gasteiger partial charge in [-0.25, -0.2) is 4.79 Å². The number of fused-ring (bicyclic) bond motifs is 1. The molecule has 0 aliphatic carbocycles. The molecule has 0 bridgehead atoms. The summed E-state index contributed by atoms with van der Waals surface area (Å²) in [5.74, 6) is -0.788. The summed E-state index contributed by atoms with van der Waals surface area (Å²) in [6.45, 7) is 6.68. The molecule has 2 aromatic rings. The van der Waals surface area contributed by atoms with Crippen LogP contribution in [0.25, 0.3) is 10.9 Å². The van der Waals surface area contributed by atoms with Crippen LogP contribution in [0, 0.1) is 0 Å². The van der Waals surface area contributed by atoms with Crippen LogP contribution in [0.2, 0.25) is 0 Å². The highest BCUT2D eigenvalue weighted by Crippen LogP contribution is 2.26. The van der Waals surface area contributed by atoms with E-state index in [0.717, 1.165) is 22.9 Å². The lowest BCUT2D eigenvalue weighted by molar-refractivity contribution is 0.0697. The molecule has 1 N–H and O–H groups in total. The van der Waals surface area contributed by atoms with Gasteiger partial charge < -0.3 is 9.67 Å². The first-order chi connectivity index (χ1) is 9.45. The summed E-state index contributed by atoms with van der Waals surface area (Å²) in [7, 11) is 0. The smallest absolute Gasteiger partial charge is 0.335 e. The highest BCUT2D eigenvalue weighted by molar-refractivity contribution is 5.95. The Morgan fingerprint density at radius 2 is 2.00 bits per heavy atom. The number of rotatable bonds is 4. The lowest BCUT2D eigenvalue weighted by atomic mass is 9.96. The molecule has 0 aliphatic rings. The molecule has 106 valence electrons. The molecule has 4 nitrogen and oxygen atoms in total. The van der Waals surface area contributed by atoms with Gasteiger partial charge in [0.2, 0.25) is 0 Å². The zero-order valence-electron chi connectivity index (χ0n) is 12.0. The maximum Gasteiger partial charge on any atom is 0.335 e. The molecule has 20 heavy (non-hydrogen) atoms. The molecule has 0 unspecified atom stereocenters. The molecule has 4 heteroatoms. The van der Waals surface area contributed by atoms with E-state index in [0.29, 0.717) is 6.54 Å². The zero-order valence-corrected chi connectivity index (χ0v) is 12.0. The average molecular weight is 273 g/mol. The third-order valence-electron chi connectivity index (χ3n) is 3.43. The molecule has 2 rings (SSSR count). The third-order valence-corrected chi connectivity index (χ3v) is 3.43. The second kappa shape index (κ2) is 5.49. The number of benzene rings is 1. The molecule has 0 radical (unpaired) electrons. The van der Waals surface area contributed by atoms with Gasteiger partial charge in [0, 0.05) is 12.6 Å². The van der Waals surface area contributed by atoms with E-state index < -0.39 is 5.97 Å². The van der Waals surface area contributed by atoms with Crippen LogP contribution >= 0.6 is 0 Å². The summed E-state index contributed by atoms with van der Waals surface area (Å²) in [6.07, 6.45) is 0.858.